The molecule has 0 saturated carbocycles. The average molecular weight is 319 g/mol. The number of hydrogen-bond acceptors (Lipinski definition) is 4. The molecule has 7 heteroatoms. The Bertz CT molecular complexity index is 616. The molecule has 0 N–H and O–H groups in total. The Hall–Kier alpha value is -0.910. The summed E-state index contributed by atoms with van der Waals surface area (Å²) in [5.74, 6) is 1.28. The van der Waals surface area contributed by atoms with Crippen molar-refractivity contribution in [2.75, 3.05) is 0 Å². The SMILES string of the molecule is Cc1noc([C@H](C)[S@](=O)Cc2ccc(Cl)c(Cl)c2)n1. The average Bonchev–Trinajstić information content (AvgIpc) is 2.79. The molecule has 1 heterocycles. The molecular formula is C12H12Cl2N2O2S. The van der Waals surface area contributed by atoms with E-state index in [1.807, 2.05) is 0 Å². The number of nitrogens with zero attached hydrogens (tertiary/aromatic N) is 2. The predicted molar refractivity (Wildman–Crippen MR) is 75.8 cm³/mol. The van der Waals surface area contributed by atoms with Crippen molar-refractivity contribution >= 4 is 34.0 Å². The van der Waals surface area contributed by atoms with Gasteiger partial charge in [-0.1, -0.05) is 34.4 Å². The van der Waals surface area contributed by atoms with Crippen LogP contribution in [0.15, 0.2) is 22.7 Å². The second kappa shape index (κ2) is 6.03. The molecule has 2 atom stereocenters. The molecule has 1 aromatic heterocycles. The van der Waals surface area contributed by atoms with E-state index in [2.05, 4.69) is 10.1 Å². The zero-order chi connectivity index (χ0) is 14.0. The van der Waals surface area contributed by atoms with Gasteiger partial charge in [0, 0.05) is 16.6 Å². The first-order valence-electron chi connectivity index (χ1n) is 5.58. The summed E-state index contributed by atoms with van der Waals surface area (Å²) in [5.41, 5.74) is 0.857. The standard InChI is InChI=1S/C12H12Cl2N2O2S/c1-7(12-15-8(2)16-18-12)19(17)6-9-3-4-10(13)11(14)5-9/h3-5,7H,6H2,1-2H3/t7-,19+/m0/s1. The van der Waals surface area contributed by atoms with Crippen LogP contribution in [0, 0.1) is 6.92 Å². The zero-order valence-electron chi connectivity index (χ0n) is 10.4. The molecule has 0 spiro atoms. The van der Waals surface area contributed by atoms with Crippen LogP contribution in [-0.4, -0.2) is 14.3 Å². The van der Waals surface area contributed by atoms with E-state index in [9.17, 15) is 4.21 Å². The Morgan fingerprint density at radius 3 is 2.68 bits per heavy atom. The van der Waals surface area contributed by atoms with Gasteiger partial charge in [0.15, 0.2) is 5.82 Å². The highest BCUT2D eigenvalue weighted by molar-refractivity contribution is 7.84. The monoisotopic (exact) mass is 318 g/mol. The van der Waals surface area contributed by atoms with Crippen molar-refractivity contribution in [1.82, 2.24) is 10.1 Å². The molecular weight excluding hydrogens is 307 g/mol. The van der Waals surface area contributed by atoms with Crippen molar-refractivity contribution in [1.29, 1.82) is 0 Å². The van der Waals surface area contributed by atoms with Gasteiger partial charge in [-0.3, -0.25) is 4.21 Å². The van der Waals surface area contributed by atoms with Crippen LogP contribution in [0.5, 0.6) is 0 Å². The highest BCUT2D eigenvalue weighted by atomic mass is 35.5. The molecule has 0 amide bonds. The molecule has 1 aromatic carbocycles. The molecule has 0 bridgehead atoms. The molecule has 2 rings (SSSR count). The summed E-state index contributed by atoms with van der Waals surface area (Å²) < 4.78 is 17.3. The molecule has 0 radical (unpaired) electrons. The lowest BCUT2D eigenvalue weighted by Gasteiger charge is -2.07. The lowest BCUT2D eigenvalue weighted by molar-refractivity contribution is 0.375. The quantitative estimate of drug-likeness (QED) is 0.862. The van der Waals surface area contributed by atoms with E-state index in [-0.39, 0.29) is 5.25 Å². The van der Waals surface area contributed by atoms with E-state index in [1.54, 1.807) is 32.0 Å². The third-order valence-electron chi connectivity index (χ3n) is 2.58. The van der Waals surface area contributed by atoms with Gasteiger partial charge in [0.25, 0.3) is 0 Å². The molecule has 2 aromatic rings. The fourth-order valence-electron chi connectivity index (χ4n) is 1.51. The van der Waals surface area contributed by atoms with Gasteiger partial charge in [0.05, 0.1) is 10.0 Å². The van der Waals surface area contributed by atoms with Gasteiger partial charge in [-0.15, -0.1) is 0 Å². The second-order valence-electron chi connectivity index (χ2n) is 4.10. The number of aromatic nitrogens is 2. The van der Waals surface area contributed by atoms with Gasteiger partial charge < -0.3 is 4.52 Å². The predicted octanol–water partition coefficient (Wildman–Crippen LogP) is 3.69. The van der Waals surface area contributed by atoms with E-state index in [1.165, 1.54) is 0 Å². The van der Waals surface area contributed by atoms with E-state index in [0.717, 1.165) is 5.56 Å². The van der Waals surface area contributed by atoms with Gasteiger partial charge >= 0.3 is 0 Å². The Balaban J connectivity index is 2.10. The van der Waals surface area contributed by atoms with Crippen LogP contribution in [0.3, 0.4) is 0 Å². The second-order valence-corrected chi connectivity index (χ2v) is 6.67. The summed E-state index contributed by atoms with van der Waals surface area (Å²) in [6, 6.07) is 5.21. The van der Waals surface area contributed by atoms with Crippen molar-refractivity contribution in [2.24, 2.45) is 0 Å². The van der Waals surface area contributed by atoms with E-state index in [4.69, 9.17) is 27.7 Å². The van der Waals surface area contributed by atoms with Gasteiger partial charge in [0.2, 0.25) is 5.89 Å². The summed E-state index contributed by atoms with van der Waals surface area (Å²) in [5, 5.41) is 4.31. The largest absolute Gasteiger partial charge is 0.338 e. The summed E-state index contributed by atoms with van der Waals surface area (Å²) in [4.78, 5) is 4.09. The number of hydrogen-bond donors (Lipinski definition) is 0. The lowest BCUT2D eigenvalue weighted by Crippen LogP contribution is -2.06. The molecule has 0 aliphatic heterocycles. The van der Waals surface area contributed by atoms with Crippen LogP contribution >= 0.6 is 23.2 Å². The maximum absolute atomic E-state index is 12.2. The fourth-order valence-corrected chi connectivity index (χ4v) is 2.91. The highest BCUT2D eigenvalue weighted by Crippen LogP contribution is 2.25. The maximum Gasteiger partial charge on any atom is 0.242 e. The van der Waals surface area contributed by atoms with Crippen molar-refractivity contribution in [2.45, 2.75) is 24.9 Å². The maximum atomic E-state index is 12.2. The number of rotatable bonds is 4. The van der Waals surface area contributed by atoms with Crippen LogP contribution in [0.25, 0.3) is 0 Å². The van der Waals surface area contributed by atoms with E-state index in [0.29, 0.717) is 27.5 Å². The fraction of sp³-hybridized carbons (Fsp3) is 0.333. The summed E-state index contributed by atoms with van der Waals surface area (Å²) >= 11 is 11.8. The van der Waals surface area contributed by atoms with Gasteiger partial charge in [-0.05, 0) is 31.5 Å². The lowest BCUT2D eigenvalue weighted by atomic mass is 10.2. The van der Waals surface area contributed by atoms with Crippen LogP contribution < -0.4 is 0 Å². The first-order valence-corrected chi connectivity index (χ1v) is 7.72. The Labute approximate surface area is 123 Å². The van der Waals surface area contributed by atoms with Gasteiger partial charge in [-0.2, -0.15) is 4.98 Å². The summed E-state index contributed by atoms with van der Waals surface area (Å²) in [6.07, 6.45) is 0. The van der Waals surface area contributed by atoms with Crippen molar-refractivity contribution < 1.29 is 8.73 Å². The molecule has 19 heavy (non-hydrogen) atoms. The normalized spacial score (nSPS) is 14.3. The number of halogens is 2. The van der Waals surface area contributed by atoms with Crippen molar-refractivity contribution in [3.05, 3.63) is 45.5 Å². The van der Waals surface area contributed by atoms with Crippen LogP contribution in [0.2, 0.25) is 10.0 Å². The summed E-state index contributed by atoms with van der Waals surface area (Å²) in [7, 11) is -1.17. The summed E-state index contributed by atoms with van der Waals surface area (Å²) in [6.45, 7) is 3.52. The third-order valence-corrected chi connectivity index (χ3v) is 4.93. The van der Waals surface area contributed by atoms with Crippen LogP contribution in [0.4, 0.5) is 0 Å². The van der Waals surface area contributed by atoms with Crippen molar-refractivity contribution in [3.63, 3.8) is 0 Å². The molecule has 0 fully saturated rings. The first-order chi connectivity index (χ1) is 8.97. The molecule has 0 saturated heterocycles. The van der Waals surface area contributed by atoms with E-state index >= 15 is 0 Å². The molecule has 102 valence electrons. The van der Waals surface area contributed by atoms with Crippen LogP contribution in [-0.2, 0) is 16.6 Å². The number of benzene rings is 1. The zero-order valence-corrected chi connectivity index (χ0v) is 12.7. The number of aryl methyl sites for hydroxylation is 1. The molecule has 0 unspecified atom stereocenters. The molecule has 0 aliphatic carbocycles. The Kier molecular flexibility index (Phi) is 4.60. The smallest absolute Gasteiger partial charge is 0.242 e. The minimum atomic E-state index is -1.17. The first kappa shape index (κ1) is 14.5. The van der Waals surface area contributed by atoms with Crippen LogP contribution in [0.1, 0.15) is 29.5 Å². The Morgan fingerprint density at radius 1 is 1.37 bits per heavy atom. The molecule has 4 nitrogen and oxygen atoms in total. The minimum absolute atomic E-state index is 0.323. The van der Waals surface area contributed by atoms with E-state index < -0.39 is 10.8 Å². The topological polar surface area (TPSA) is 56.0 Å². The van der Waals surface area contributed by atoms with Gasteiger partial charge in [-0.25, -0.2) is 0 Å². The minimum Gasteiger partial charge on any atom is -0.338 e. The molecule has 0 aliphatic rings. The highest BCUT2D eigenvalue weighted by Gasteiger charge is 2.20. The van der Waals surface area contributed by atoms with Crippen molar-refractivity contribution in [3.8, 4) is 0 Å². The Morgan fingerprint density at radius 2 is 2.11 bits per heavy atom. The third kappa shape index (κ3) is 3.55. The van der Waals surface area contributed by atoms with Gasteiger partial charge in [0.1, 0.15) is 5.25 Å².